The Labute approximate surface area is 110 Å². The highest BCUT2D eigenvalue weighted by molar-refractivity contribution is 9.10. The van der Waals surface area contributed by atoms with Crippen molar-refractivity contribution in [3.05, 3.63) is 28.1 Å². The summed E-state index contributed by atoms with van der Waals surface area (Å²) in [5, 5.41) is 10.5. The van der Waals surface area contributed by atoms with E-state index < -0.39 is 0 Å². The Morgan fingerprint density at radius 3 is 3.06 bits per heavy atom. The first kappa shape index (κ1) is 12.1. The van der Waals surface area contributed by atoms with Crippen molar-refractivity contribution in [2.75, 3.05) is 12.4 Å². The molecule has 0 spiro atoms. The van der Waals surface area contributed by atoms with Crippen molar-refractivity contribution in [3.63, 3.8) is 0 Å². The molecule has 0 aliphatic rings. The second-order valence-corrected chi connectivity index (χ2v) is 4.85. The SMILES string of the molecule is CN(Cc1ccc(Br)o1)C(=O)Nc1nncs1. The molecule has 0 aliphatic heterocycles. The number of hydrogen-bond donors (Lipinski definition) is 1. The Morgan fingerprint density at radius 2 is 2.47 bits per heavy atom. The molecule has 90 valence electrons. The third-order valence-electron chi connectivity index (χ3n) is 1.94. The van der Waals surface area contributed by atoms with Gasteiger partial charge in [-0.1, -0.05) is 11.3 Å². The first-order valence-electron chi connectivity index (χ1n) is 4.67. The predicted molar refractivity (Wildman–Crippen MR) is 66.8 cm³/mol. The van der Waals surface area contributed by atoms with Crippen LogP contribution < -0.4 is 5.32 Å². The summed E-state index contributed by atoms with van der Waals surface area (Å²) in [6, 6.07) is 3.33. The summed E-state index contributed by atoms with van der Waals surface area (Å²) in [6.45, 7) is 0.385. The van der Waals surface area contributed by atoms with Crippen molar-refractivity contribution in [1.82, 2.24) is 15.1 Å². The molecule has 6 nitrogen and oxygen atoms in total. The highest BCUT2D eigenvalue weighted by Gasteiger charge is 2.12. The van der Waals surface area contributed by atoms with Gasteiger partial charge in [-0.3, -0.25) is 5.32 Å². The van der Waals surface area contributed by atoms with Gasteiger partial charge < -0.3 is 9.32 Å². The third kappa shape index (κ3) is 3.27. The van der Waals surface area contributed by atoms with Crippen LogP contribution in [0.15, 0.2) is 26.7 Å². The van der Waals surface area contributed by atoms with E-state index in [4.69, 9.17) is 4.42 Å². The van der Waals surface area contributed by atoms with Crippen LogP contribution in [0.3, 0.4) is 0 Å². The zero-order valence-corrected chi connectivity index (χ0v) is 11.3. The maximum absolute atomic E-state index is 11.7. The Kier molecular flexibility index (Phi) is 3.75. The number of carbonyl (C=O) groups is 1. The zero-order valence-electron chi connectivity index (χ0n) is 8.88. The van der Waals surface area contributed by atoms with Crippen molar-refractivity contribution in [3.8, 4) is 0 Å². The van der Waals surface area contributed by atoms with Gasteiger partial charge in [0.25, 0.3) is 0 Å². The number of furan rings is 1. The molecule has 1 N–H and O–H groups in total. The Morgan fingerprint density at radius 1 is 1.65 bits per heavy atom. The van der Waals surface area contributed by atoms with Gasteiger partial charge >= 0.3 is 6.03 Å². The number of aromatic nitrogens is 2. The van der Waals surface area contributed by atoms with E-state index in [-0.39, 0.29) is 6.03 Å². The van der Waals surface area contributed by atoms with Crippen LogP contribution >= 0.6 is 27.3 Å². The molecule has 0 aromatic carbocycles. The van der Waals surface area contributed by atoms with Gasteiger partial charge in [-0.15, -0.1) is 10.2 Å². The molecule has 0 fully saturated rings. The number of nitrogens with one attached hydrogen (secondary N) is 1. The molecule has 2 heterocycles. The Hall–Kier alpha value is -1.41. The Balaban J connectivity index is 1.91. The van der Waals surface area contributed by atoms with Gasteiger partial charge in [-0.05, 0) is 28.1 Å². The number of nitrogens with zero attached hydrogens (tertiary/aromatic N) is 3. The molecule has 0 saturated carbocycles. The van der Waals surface area contributed by atoms with Crippen LogP contribution in [0.5, 0.6) is 0 Å². The molecule has 2 amide bonds. The van der Waals surface area contributed by atoms with Crippen LogP contribution in [0.4, 0.5) is 9.93 Å². The molecule has 2 aromatic heterocycles. The fourth-order valence-electron chi connectivity index (χ4n) is 1.16. The molecular formula is C9H9BrN4O2S. The normalized spacial score (nSPS) is 10.2. The fraction of sp³-hybridized carbons (Fsp3) is 0.222. The van der Waals surface area contributed by atoms with E-state index in [2.05, 4.69) is 31.4 Å². The lowest BCUT2D eigenvalue weighted by Crippen LogP contribution is -2.30. The molecule has 0 unspecified atom stereocenters. The van der Waals surface area contributed by atoms with Gasteiger partial charge in [0.1, 0.15) is 11.3 Å². The smallest absolute Gasteiger partial charge is 0.323 e. The standard InChI is InChI=1S/C9H9BrN4O2S/c1-14(4-6-2-3-7(10)16-6)9(15)12-8-13-11-5-17-8/h2-3,5H,4H2,1H3,(H,12,13,15). The predicted octanol–water partition coefficient (Wildman–Crippen LogP) is 2.56. The summed E-state index contributed by atoms with van der Waals surface area (Å²) in [6.07, 6.45) is 0. The van der Waals surface area contributed by atoms with Crippen LogP contribution in [0.25, 0.3) is 0 Å². The molecule has 2 aromatic rings. The van der Waals surface area contributed by atoms with E-state index in [1.54, 1.807) is 24.7 Å². The summed E-state index contributed by atoms with van der Waals surface area (Å²) < 4.78 is 5.95. The number of urea groups is 1. The van der Waals surface area contributed by atoms with Gasteiger partial charge in [-0.2, -0.15) is 0 Å². The topological polar surface area (TPSA) is 71.3 Å². The van der Waals surface area contributed by atoms with E-state index >= 15 is 0 Å². The Bertz CT molecular complexity index is 499. The first-order chi connectivity index (χ1) is 8.15. The van der Waals surface area contributed by atoms with Crippen molar-refractivity contribution < 1.29 is 9.21 Å². The quantitative estimate of drug-likeness (QED) is 0.944. The van der Waals surface area contributed by atoms with E-state index in [0.29, 0.717) is 22.1 Å². The lowest BCUT2D eigenvalue weighted by Gasteiger charge is -2.14. The monoisotopic (exact) mass is 316 g/mol. The minimum atomic E-state index is -0.255. The number of carbonyl (C=O) groups excluding carboxylic acids is 1. The highest BCUT2D eigenvalue weighted by atomic mass is 79.9. The average Bonchev–Trinajstić information content (AvgIpc) is 2.90. The number of anilines is 1. The van der Waals surface area contributed by atoms with Gasteiger partial charge in [0.2, 0.25) is 5.13 Å². The molecule has 0 aliphatic carbocycles. The number of hydrogen-bond acceptors (Lipinski definition) is 5. The van der Waals surface area contributed by atoms with E-state index in [1.807, 2.05) is 0 Å². The molecule has 0 saturated heterocycles. The number of halogens is 1. The largest absolute Gasteiger partial charge is 0.452 e. The molecular weight excluding hydrogens is 308 g/mol. The first-order valence-corrected chi connectivity index (χ1v) is 6.35. The summed E-state index contributed by atoms with van der Waals surface area (Å²) in [4.78, 5) is 13.2. The van der Waals surface area contributed by atoms with E-state index in [9.17, 15) is 4.79 Å². The van der Waals surface area contributed by atoms with Crippen molar-refractivity contribution in [2.24, 2.45) is 0 Å². The molecule has 17 heavy (non-hydrogen) atoms. The van der Waals surface area contributed by atoms with Crippen LogP contribution in [-0.4, -0.2) is 28.2 Å². The maximum Gasteiger partial charge on any atom is 0.323 e. The summed E-state index contributed by atoms with van der Waals surface area (Å²) >= 11 is 4.47. The van der Waals surface area contributed by atoms with Crippen LogP contribution in [-0.2, 0) is 6.54 Å². The lowest BCUT2D eigenvalue weighted by molar-refractivity contribution is 0.216. The van der Waals surface area contributed by atoms with Crippen LogP contribution in [0.2, 0.25) is 0 Å². The number of rotatable bonds is 3. The second-order valence-electron chi connectivity index (χ2n) is 3.24. The number of amides is 2. The van der Waals surface area contributed by atoms with Crippen molar-refractivity contribution >= 4 is 38.4 Å². The lowest BCUT2D eigenvalue weighted by atomic mass is 10.4. The second kappa shape index (κ2) is 5.28. The fourth-order valence-corrected chi connectivity index (χ4v) is 1.93. The van der Waals surface area contributed by atoms with Crippen LogP contribution in [0.1, 0.15) is 5.76 Å². The third-order valence-corrected chi connectivity index (χ3v) is 2.98. The zero-order chi connectivity index (χ0) is 12.3. The van der Waals surface area contributed by atoms with E-state index in [1.165, 1.54) is 16.2 Å². The van der Waals surface area contributed by atoms with Crippen LogP contribution in [0, 0.1) is 0 Å². The maximum atomic E-state index is 11.7. The van der Waals surface area contributed by atoms with Gasteiger partial charge in [0, 0.05) is 7.05 Å². The molecule has 8 heteroatoms. The minimum absolute atomic E-state index is 0.255. The summed E-state index contributed by atoms with van der Waals surface area (Å²) in [7, 11) is 1.67. The molecule has 0 bridgehead atoms. The van der Waals surface area contributed by atoms with Gasteiger partial charge in [0.05, 0.1) is 6.54 Å². The average molecular weight is 317 g/mol. The van der Waals surface area contributed by atoms with Crippen molar-refractivity contribution in [2.45, 2.75) is 6.54 Å². The van der Waals surface area contributed by atoms with E-state index in [0.717, 1.165) is 0 Å². The van der Waals surface area contributed by atoms with Crippen molar-refractivity contribution in [1.29, 1.82) is 0 Å². The van der Waals surface area contributed by atoms with Gasteiger partial charge in [-0.25, -0.2) is 4.79 Å². The summed E-state index contributed by atoms with van der Waals surface area (Å²) in [5.74, 6) is 0.701. The highest BCUT2D eigenvalue weighted by Crippen LogP contribution is 2.16. The summed E-state index contributed by atoms with van der Waals surface area (Å²) in [5.41, 5.74) is 1.55. The van der Waals surface area contributed by atoms with Gasteiger partial charge in [0.15, 0.2) is 4.67 Å². The minimum Gasteiger partial charge on any atom is -0.452 e. The molecule has 0 atom stereocenters. The molecule has 0 radical (unpaired) electrons. The molecule has 2 rings (SSSR count).